The zero-order chi connectivity index (χ0) is 16.1. The van der Waals surface area contributed by atoms with E-state index in [1.807, 2.05) is 0 Å². The number of methoxy groups -OCH3 is 1. The van der Waals surface area contributed by atoms with E-state index >= 15 is 0 Å². The average Bonchev–Trinajstić information content (AvgIpc) is 2.52. The van der Waals surface area contributed by atoms with E-state index in [0.717, 1.165) is 7.11 Å². The van der Waals surface area contributed by atoms with Gasteiger partial charge in [-0.2, -0.15) is 0 Å². The Kier molecular flexibility index (Phi) is 4.84. The summed E-state index contributed by atoms with van der Waals surface area (Å²) in [7, 11) is 1.13. The molecule has 2 rings (SSSR count). The van der Waals surface area contributed by atoms with Crippen LogP contribution in [0.4, 0.5) is 4.79 Å². The van der Waals surface area contributed by atoms with E-state index < -0.39 is 24.3 Å². The molecule has 0 spiro atoms. The van der Waals surface area contributed by atoms with Gasteiger partial charge in [-0.3, -0.25) is 14.3 Å². The molecule has 1 amide bonds. The fourth-order valence-corrected chi connectivity index (χ4v) is 1.87. The Morgan fingerprint density at radius 3 is 2.91 bits per heavy atom. The predicted octanol–water partition coefficient (Wildman–Crippen LogP) is -1.08. The summed E-state index contributed by atoms with van der Waals surface area (Å²) < 4.78 is 15.2. The summed E-state index contributed by atoms with van der Waals surface area (Å²) in [5.74, 6) is -0.745. The van der Waals surface area contributed by atoms with Gasteiger partial charge in [0.2, 0.25) is 18.0 Å². The van der Waals surface area contributed by atoms with Gasteiger partial charge in [-0.25, -0.2) is 4.79 Å². The number of ether oxygens (including phenoxy) is 3. The monoisotopic (exact) mass is 313 g/mol. The highest BCUT2D eigenvalue weighted by molar-refractivity contribution is 5.96. The number of amides is 1. The number of rotatable bonds is 5. The number of aromatic nitrogens is 1. The molecule has 2 heterocycles. The van der Waals surface area contributed by atoms with Crippen molar-refractivity contribution < 1.29 is 28.9 Å². The fraction of sp³-hybridized carbons (Fsp3) is 0.417. The summed E-state index contributed by atoms with van der Waals surface area (Å²) >= 11 is 0. The minimum absolute atomic E-state index is 0.0411. The van der Waals surface area contributed by atoms with Gasteiger partial charge in [0.1, 0.15) is 6.67 Å². The summed E-state index contributed by atoms with van der Waals surface area (Å²) in [5.41, 5.74) is 2.28. The molecule has 0 aromatic carbocycles. The number of aliphatic hydroxyl groups is 1. The number of β-amino-alcohol motifs (C(OH)–C–C–N with tert-alkyl or cyclic N) is 1. The first-order valence-electron chi connectivity index (χ1n) is 6.31. The molecule has 0 unspecified atom stereocenters. The van der Waals surface area contributed by atoms with Crippen LogP contribution in [-0.4, -0.2) is 60.5 Å². The van der Waals surface area contributed by atoms with Crippen LogP contribution in [0.25, 0.3) is 0 Å². The normalized spacial score (nSPS) is 13.2. The number of nitrogens with one attached hydrogen (secondary N) is 1. The molecule has 0 saturated heterocycles. The molecule has 1 aromatic heterocycles. The molecule has 22 heavy (non-hydrogen) atoms. The first-order chi connectivity index (χ1) is 10.6. The van der Waals surface area contributed by atoms with Gasteiger partial charge in [0, 0.05) is 18.8 Å². The van der Waals surface area contributed by atoms with Crippen LogP contribution < -0.4 is 15.6 Å². The second kappa shape index (κ2) is 6.80. The lowest BCUT2D eigenvalue weighted by Crippen LogP contribution is -2.47. The topological polar surface area (TPSA) is 119 Å². The molecule has 120 valence electrons. The minimum atomic E-state index is -0.976. The minimum Gasteiger partial charge on any atom is -0.451 e. The Morgan fingerprint density at radius 1 is 1.45 bits per heavy atom. The van der Waals surface area contributed by atoms with Gasteiger partial charge in [-0.1, -0.05) is 0 Å². The van der Waals surface area contributed by atoms with Gasteiger partial charge in [-0.05, 0) is 0 Å². The molecule has 10 nitrogen and oxygen atoms in total. The molecule has 1 aromatic rings. The number of carbonyl (C=O) groups excluding carboxylic acids is 2. The number of hydrogen-bond acceptors (Lipinski definition) is 8. The van der Waals surface area contributed by atoms with Gasteiger partial charge in [-0.15, -0.1) is 0 Å². The van der Waals surface area contributed by atoms with E-state index in [9.17, 15) is 14.4 Å². The number of fused-ring (bicyclic) bond motifs is 1. The largest absolute Gasteiger partial charge is 0.510 e. The van der Waals surface area contributed by atoms with Crippen molar-refractivity contribution in [2.45, 2.75) is 0 Å². The number of nitrogens with zero attached hydrogens (tertiary/aromatic N) is 2. The van der Waals surface area contributed by atoms with Crippen LogP contribution in [0.3, 0.4) is 0 Å². The van der Waals surface area contributed by atoms with Crippen LogP contribution in [0, 0.1) is 0 Å². The van der Waals surface area contributed by atoms with Crippen LogP contribution in [0.1, 0.15) is 10.5 Å². The van der Waals surface area contributed by atoms with E-state index in [1.54, 1.807) is 0 Å². The first kappa shape index (κ1) is 15.6. The Balaban J connectivity index is 2.25. The smallest absolute Gasteiger partial charge is 0.451 e. The summed E-state index contributed by atoms with van der Waals surface area (Å²) in [6, 6.07) is 1.21. The zero-order valence-electron chi connectivity index (χ0n) is 11.8. The number of aliphatic hydroxyl groups excluding tert-OH is 1. The Hall–Kier alpha value is -2.75. The lowest BCUT2D eigenvalue weighted by Gasteiger charge is -2.31. The molecule has 2 N–H and O–H groups in total. The van der Waals surface area contributed by atoms with Crippen molar-refractivity contribution in [3.63, 3.8) is 0 Å². The molecule has 1 aliphatic rings. The molecule has 0 atom stereocenters. The highest BCUT2D eigenvalue weighted by atomic mass is 16.8. The predicted molar refractivity (Wildman–Crippen MR) is 72.0 cm³/mol. The first-order valence-corrected chi connectivity index (χ1v) is 6.31. The van der Waals surface area contributed by atoms with E-state index in [2.05, 4.69) is 14.9 Å². The van der Waals surface area contributed by atoms with Gasteiger partial charge >= 0.3 is 6.16 Å². The summed E-state index contributed by atoms with van der Waals surface area (Å²) in [6.07, 6.45) is 0.413. The third-order valence-electron chi connectivity index (χ3n) is 2.89. The molecular weight excluding hydrogens is 298 g/mol. The van der Waals surface area contributed by atoms with E-state index in [-0.39, 0.29) is 31.3 Å². The standard InChI is InChI=1S/C12H15N3O7/c1-20-12(19)22-7-21-10-8(17)2-3-15-9(10)11(18)14(4-5-16)6-13-15/h2-3,13,16H,4-7H2,1H3. The summed E-state index contributed by atoms with van der Waals surface area (Å²) in [4.78, 5) is 36.4. The Morgan fingerprint density at radius 2 is 2.23 bits per heavy atom. The summed E-state index contributed by atoms with van der Waals surface area (Å²) in [5, 5.41) is 8.94. The van der Waals surface area contributed by atoms with E-state index in [0.29, 0.717) is 0 Å². The third-order valence-corrected chi connectivity index (χ3v) is 2.89. The molecule has 1 aliphatic heterocycles. The maximum Gasteiger partial charge on any atom is 0.510 e. The van der Waals surface area contributed by atoms with Gasteiger partial charge < -0.3 is 29.6 Å². The molecule has 0 fully saturated rings. The molecule has 0 radical (unpaired) electrons. The van der Waals surface area contributed by atoms with Gasteiger partial charge in [0.15, 0.2) is 5.69 Å². The van der Waals surface area contributed by atoms with Crippen molar-refractivity contribution >= 4 is 12.1 Å². The van der Waals surface area contributed by atoms with Crippen LogP contribution >= 0.6 is 0 Å². The van der Waals surface area contributed by atoms with Gasteiger partial charge in [0.25, 0.3) is 5.91 Å². The lowest BCUT2D eigenvalue weighted by molar-refractivity contribution is 0.0136. The van der Waals surface area contributed by atoms with Crippen LogP contribution in [0.2, 0.25) is 0 Å². The highest BCUT2D eigenvalue weighted by Crippen LogP contribution is 2.18. The number of pyridine rings is 1. The third kappa shape index (κ3) is 3.11. The van der Waals surface area contributed by atoms with Crippen molar-refractivity contribution in [2.75, 3.05) is 39.1 Å². The average molecular weight is 313 g/mol. The number of hydrogen-bond donors (Lipinski definition) is 2. The molecule has 10 heteroatoms. The highest BCUT2D eigenvalue weighted by Gasteiger charge is 2.28. The van der Waals surface area contributed by atoms with Crippen molar-refractivity contribution in [3.8, 4) is 5.75 Å². The SMILES string of the molecule is COC(=O)OCOc1c2n(ccc1=O)NCN(CCO)C2=O. The van der Waals surface area contributed by atoms with Crippen LogP contribution in [-0.2, 0) is 9.47 Å². The molecule has 0 saturated carbocycles. The van der Waals surface area contributed by atoms with Crippen molar-refractivity contribution in [2.24, 2.45) is 0 Å². The van der Waals surface area contributed by atoms with E-state index in [1.165, 1.54) is 21.8 Å². The fourth-order valence-electron chi connectivity index (χ4n) is 1.87. The van der Waals surface area contributed by atoms with Crippen molar-refractivity contribution in [1.29, 1.82) is 0 Å². The zero-order valence-corrected chi connectivity index (χ0v) is 11.8. The maximum absolute atomic E-state index is 12.3. The molecule has 0 bridgehead atoms. The van der Waals surface area contributed by atoms with Gasteiger partial charge in [0.05, 0.1) is 13.7 Å². The van der Waals surface area contributed by atoms with Crippen LogP contribution in [0.5, 0.6) is 5.75 Å². The Labute approximate surface area is 124 Å². The quantitative estimate of drug-likeness (QED) is 0.520. The second-order valence-electron chi connectivity index (χ2n) is 4.20. The molecular formula is C12H15N3O7. The maximum atomic E-state index is 12.3. The van der Waals surface area contributed by atoms with E-state index in [4.69, 9.17) is 9.84 Å². The lowest BCUT2D eigenvalue weighted by atomic mass is 10.2. The second-order valence-corrected chi connectivity index (χ2v) is 4.20. The number of carbonyl (C=O) groups is 2. The van der Waals surface area contributed by atoms with Crippen LogP contribution in [0.15, 0.2) is 17.1 Å². The summed E-state index contributed by atoms with van der Waals surface area (Å²) in [6.45, 7) is -0.515. The Bertz CT molecular complexity index is 628. The molecule has 0 aliphatic carbocycles. The van der Waals surface area contributed by atoms with Crippen molar-refractivity contribution in [3.05, 3.63) is 28.2 Å². The van der Waals surface area contributed by atoms with Crippen molar-refractivity contribution in [1.82, 2.24) is 9.58 Å².